The Labute approximate surface area is 272 Å². The Morgan fingerprint density at radius 2 is 1.49 bits per heavy atom. The Kier molecular flexibility index (Phi) is 16.7. The molecule has 45 heavy (non-hydrogen) atoms. The zero-order valence-electron chi connectivity index (χ0n) is 29.7. The van der Waals surface area contributed by atoms with E-state index in [9.17, 15) is 14.4 Å². The standard InChI is InChI=1S/C37H63N3O5/c1-9-10-11-12-13-14-15-16-17-18-19-20-21-24-30(41)38-25-22-23-28-27-40(35(43)39-33(28)42)34-32(44-8)31(37(5,6)7)29(45-34)26-36(2,3)4/h27,29,31-32,34H,9-21,24-26H2,1-8H3,(H,38,41)(H,39,42,43)/t29-,31+,32?,34-/m1/s1. The lowest BCUT2D eigenvalue weighted by atomic mass is 9.71. The summed E-state index contributed by atoms with van der Waals surface area (Å²) in [6.45, 7) is 15.4. The predicted molar refractivity (Wildman–Crippen MR) is 183 cm³/mol. The lowest BCUT2D eigenvalue weighted by Crippen LogP contribution is -2.41. The maximum atomic E-state index is 12.9. The van der Waals surface area contributed by atoms with Gasteiger partial charge >= 0.3 is 5.69 Å². The van der Waals surface area contributed by atoms with Crippen LogP contribution >= 0.6 is 0 Å². The number of nitrogens with zero attached hydrogens (tertiary/aromatic N) is 1. The van der Waals surface area contributed by atoms with Crippen molar-refractivity contribution in [3.05, 3.63) is 32.6 Å². The third-order valence-corrected chi connectivity index (χ3v) is 8.78. The Balaban J connectivity index is 1.84. The van der Waals surface area contributed by atoms with Gasteiger partial charge in [-0.2, -0.15) is 0 Å². The summed E-state index contributed by atoms with van der Waals surface area (Å²) >= 11 is 0. The van der Waals surface area contributed by atoms with E-state index in [1.165, 1.54) is 81.4 Å². The van der Waals surface area contributed by atoms with Crippen LogP contribution in [0.25, 0.3) is 0 Å². The number of aromatic amines is 1. The number of hydrogen-bond acceptors (Lipinski definition) is 5. The summed E-state index contributed by atoms with van der Waals surface area (Å²) in [7, 11) is 1.64. The van der Waals surface area contributed by atoms with E-state index in [1.807, 2.05) is 0 Å². The molecule has 1 unspecified atom stereocenters. The number of unbranched alkanes of at least 4 members (excludes halogenated alkanes) is 12. The van der Waals surface area contributed by atoms with Crippen LogP contribution in [0.15, 0.2) is 15.8 Å². The fourth-order valence-electron chi connectivity index (χ4n) is 6.48. The molecule has 0 spiro atoms. The number of H-pyrrole nitrogens is 1. The average Bonchev–Trinajstić information content (AvgIpc) is 3.31. The minimum Gasteiger partial charge on any atom is -0.376 e. The quantitative estimate of drug-likeness (QED) is 0.129. The third kappa shape index (κ3) is 13.9. The van der Waals surface area contributed by atoms with E-state index in [1.54, 1.807) is 7.11 Å². The van der Waals surface area contributed by atoms with Crippen LogP contribution in [-0.4, -0.2) is 41.3 Å². The lowest BCUT2D eigenvalue weighted by molar-refractivity contribution is -0.120. The van der Waals surface area contributed by atoms with E-state index in [0.29, 0.717) is 6.42 Å². The van der Waals surface area contributed by atoms with Gasteiger partial charge < -0.3 is 14.8 Å². The van der Waals surface area contributed by atoms with Gasteiger partial charge in [-0.15, -0.1) is 0 Å². The summed E-state index contributed by atoms with van der Waals surface area (Å²) in [5.41, 5.74) is -1.10. The van der Waals surface area contributed by atoms with Crippen molar-refractivity contribution < 1.29 is 14.3 Å². The maximum absolute atomic E-state index is 12.9. The molecule has 1 amide bonds. The third-order valence-electron chi connectivity index (χ3n) is 8.78. The Morgan fingerprint density at radius 3 is 2.00 bits per heavy atom. The molecule has 1 aromatic rings. The molecule has 2 N–H and O–H groups in total. The zero-order chi connectivity index (χ0) is 33.5. The maximum Gasteiger partial charge on any atom is 0.330 e. The minimum absolute atomic E-state index is 0.0189. The molecule has 1 aromatic heterocycles. The molecule has 8 heteroatoms. The first kappa shape index (κ1) is 38.8. The van der Waals surface area contributed by atoms with Gasteiger partial charge in [-0.05, 0) is 23.7 Å². The van der Waals surface area contributed by atoms with Gasteiger partial charge in [0.15, 0.2) is 6.23 Å². The molecule has 1 saturated heterocycles. The van der Waals surface area contributed by atoms with Gasteiger partial charge in [-0.3, -0.25) is 19.1 Å². The van der Waals surface area contributed by atoms with Crippen LogP contribution < -0.4 is 16.6 Å². The molecule has 4 atom stereocenters. The Morgan fingerprint density at radius 1 is 0.933 bits per heavy atom. The van der Waals surface area contributed by atoms with Crippen molar-refractivity contribution in [3.8, 4) is 11.8 Å². The van der Waals surface area contributed by atoms with Crippen LogP contribution in [0, 0.1) is 28.6 Å². The highest BCUT2D eigenvalue weighted by Gasteiger charge is 2.51. The number of amides is 1. The molecule has 2 rings (SSSR count). The monoisotopic (exact) mass is 629 g/mol. The van der Waals surface area contributed by atoms with Crippen LogP contribution in [0.5, 0.6) is 0 Å². The largest absolute Gasteiger partial charge is 0.376 e. The normalized spacial score (nSPS) is 20.2. The number of carbonyl (C=O) groups is 1. The van der Waals surface area contributed by atoms with Gasteiger partial charge in [0.25, 0.3) is 5.56 Å². The molecule has 0 aliphatic carbocycles. The molecule has 1 aliphatic rings. The van der Waals surface area contributed by atoms with Gasteiger partial charge in [-0.1, -0.05) is 137 Å². The number of aromatic nitrogens is 2. The summed E-state index contributed by atoms with van der Waals surface area (Å²) in [5.74, 6) is 5.70. The molecular weight excluding hydrogens is 566 g/mol. The average molecular weight is 630 g/mol. The second kappa shape index (κ2) is 19.3. The smallest absolute Gasteiger partial charge is 0.330 e. The summed E-state index contributed by atoms with van der Waals surface area (Å²) in [6.07, 6.45) is 18.0. The van der Waals surface area contributed by atoms with Crippen LogP contribution in [0.2, 0.25) is 0 Å². The molecule has 0 radical (unpaired) electrons. The molecule has 1 aliphatic heterocycles. The fraction of sp³-hybridized carbons (Fsp3) is 0.811. The van der Waals surface area contributed by atoms with Crippen molar-refractivity contribution in [3.63, 3.8) is 0 Å². The lowest BCUT2D eigenvalue weighted by Gasteiger charge is -2.36. The van der Waals surface area contributed by atoms with Gasteiger partial charge in [0.1, 0.15) is 11.7 Å². The van der Waals surface area contributed by atoms with E-state index in [0.717, 1.165) is 19.3 Å². The molecule has 0 saturated carbocycles. The van der Waals surface area contributed by atoms with E-state index >= 15 is 0 Å². The SMILES string of the molecule is CCCCCCCCCCCCCCCC(=O)NCC#Cc1cn([C@@H]2O[C@H](CC(C)(C)C)[C@H](C(C)(C)C)C2OC)c(=O)[nH]c1=O. The van der Waals surface area contributed by atoms with Crippen molar-refractivity contribution >= 4 is 5.91 Å². The topological polar surface area (TPSA) is 102 Å². The highest BCUT2D eigenvalue weighted by Crippen LogP contribution is 2.48. The van der Waals surface area contributed by atoms with Gasteiger partial charge in [0.05, 0.1) is 12.6 Å². The number of rotatable bonds is 18. The number of methoxy groups -OCH3 is 1. The van der Waals surface area contributed by atoms with Crippen molar-refractivity contribution in [2.75, 3.05) is 13.7 Å². The van der Waals surface area contributed by atoms with Crippen molar-refractivity contribution in [1.82, 2.24) is 14.9 Å². The Bertz CT molecular complexity index is 1190. The first-order chi connectivity index (χ1) is 21.3. The van der Waals surface area contributed by atoms with Crippen LogP contribution in [-0.2, 0) is 14.3 Å². The molecule has 8 nitrogen and oxygen atoms in total. The highest BCUT2D eigenvalue weighted by molar-refractivity contribution is 5.76. The molecule has 2 heterocycles. The summed E-state index contributed by atoms with van der Waals surface area (Å²) < 4.78 is 13.8. The summed E-state index contributed by atoms with van der Waals surface area (Å²) in [6, 6.07) is 0. The molecule has 256 valence electrons. The van der Waals surface area contributed by atoms with Gasteiger partial charge in [-0.25, -0.2) is 4.79 Å². The first-order valence-corrected chi connectivity index (χ1v) is 17.6. The summed E-state index contributed by atoms with van der Waals surface area (Å²) in [4.78, 5) is 40.2. The van der Waals surface area contributed by atoms with Crippen molar-refractivity contribution in [2.24, 2.45) is 16.7 Å². The van der Waals surface area contributed by atoms with Crippen molar-refractivity contribution in [1.29, 1.82) is 0 Å². The van der Waals surface area contributed by atoms with E-state index in [4.69, 9.17) is 9.47 Å². The van der Waals surface area contributed by atoms with E-state index in [-0.39, 0.29) is 47.0 Å². The Hall–Kier alpha value is -2.37. The van der Waals surface area contributed by atoms with Gasteiger partial charge in [0, 0.05) is 25.6 Å². The van der Waals surface area contributed by atoms with Crippen LogP contribution in [0.1, 0.15) is 157 Å². The predicted octanol–water partition coefficient (Wildman–Crippen LogP) is 7.50. The highest BCUT2D eigenvalue weighted by atomic mass is 16.6. The number of carbonyl (C=O) groups excluding carboxylic acids is 1. The number of nitrogens with one attached hydrogen (secondary N) is 2. The first-order valence-electron chi connectivity index (χ1n) is 17.6. The van der Waals surface area contributed by atoms with Crippen molar-refractivity contribution in [2.45, 2.75) is 163 Å². The zero-order valence-corrected chi connectivity index (χ0v) is 29.7. The minimum atomic E-state index is -0.698. The van der Waals surface area contributed by atoms with Crippen LogP contribution in [0.4, 0.5) is 0 Å². The molecular formula is C37H63N3O5. The number of hydrogen-bond donors (Lipinski definition) is 2. The van der Waals surface area contributed by atoms with Crippen LogP contribution in [0.3, 0.4) is 0 Å². The summed E-state index contributed by atoms with van der Waals surface area (Å²) in [5, 5.41) is 2.82. The fourth-order valence-corrected chi connectivity index (χ4v) is 6.48. The second-order valence-corrected chi connectivity index (χ2v) is 15.2. The van der Waals surface area contributed by atoms with Gasteiger partial charge in [0.2, 0.25) is 5.91 Å². The van der Waals surface area contributed by atoms with E-state index < -0.39 is 17.5 Å². The number of ether oxygens (including phenoxy) is 2. The second-order valence-electron chi connectivity index (χ2n) is 15.2. The molecule has 0 aromatic carbocycles. The van der Waals surface area contributed by atoms with E-state index in [2.05, 4.69) is 70.6 Å². The molecule has 0 bridgehead atoms. The molecule has 1 fully saturated rings.